The zero-order valence-electron chi connectivity index (χ0n) is 7.65. The van der Waals surface area contributed by atoms with E-state index in [1.165, 1.54) is 32.1 Å². The van der Waals surface area contributed by atoms with Crippen LogP contribution in [0.4, 0.5) is 0 Å². The van der Waals surface area contributed by atoms with Crippen molar-refractivity contribution in [2.24, 2.45) is 11.8 Å². The van der Waals surface area contributed by atoms with Crippen LogP contribution >= 0.6 is 11.6 Å². The molecule has 1 aliphatic carbocycles. The molecule has 1 aliphatic rings. The Labute approximate surface area is 75.3 Å². The van der Waals surface area contributed by atoms with Crippen LogP contribution in [0.1, 0.15) is 46.0 Å². The third-order valence-corrected chi connectivity index (χ3v) is 3.31. The summed E-state index contributed by atoms with van der Waals surface area (Å²) in [6.45, 7) is 4.50. The molecule has 0 bridgehead atoms. The van der Waals surface area contributed by atoms with Gasteiger partial charge in [-0.2, -0.15) is 0 Å². The molecule has 0 nitrogen and oxygen atoms in total. The molecule has 0 aliphatic heterocycles. The van der Waals surface area contributed by atoms with E-state index in [9.17, 15) is 0 Å². The van der Waals surface area contributed by atoms with Crippen molar-refractivity contribution in [2.75, 3.05) is 0 Å². The maximum atomic E-state index is 6.08. The first-order valence-electron chi connectivity index (χ1n) is 4.84. The number of hydrogen-bond donors (Lipinski definition) is 0. The fourth-order valence-electron chi connectivity index (χ4n) is 1.98. The maximum absolute atomic E-state index is 6.08. The highest BCUT2D eigenvalue weighted by atomic mass is 35.5. The highest BCUT2D eigenvalue weighted by Gasteiger charge is 2.19. The summed E-state index contributed by atoms with van der Waals surface area (Å²) < 4.78 is 0. The van der Waals surface area contributed by atoms with E-state index < -0.39 is 0 Å². The van der Waals surface area contributed by atoms with Gasteiger partial charge in [-0.05, 0) is 31.6 Å². The van der Waals surface area contributed by atoms with Crippen LogP contribution in [0.15, 0.2) is 0 Å². The molecule has 1 saturated carbocycles. The van der Waals surface area contributed by atoms with Gasteiger partial charge in [0.05, 0.1) is 0 Å². The molecular formula is C10H19Cl. The minimum absolute atomic E-state index is 0.389. The van der Waals surface area contributed by atoms with E-state index in [1.807, 2.05) is 0 Å². The molecule has 66 valence electrons. The van der Waals surface area contributed by atoms with Crippen LogP contribution in [0, 0.1) is 11.8 Å². The third kappa shape index (κ3) is 3.02. The summed E-state index contributed by atoms with van der Waals surface area (Å²) in [7, 11) is 0. The molecule has 3 unspecified atom stereocenters. The molecule has 0 amide bonds. The Morgan fingerprint density at radius 2 is 1.91 bits per heavy atom. The number of hydrogen-bond acceptors (Lipinski definition) is 0. The summed E-state index contributed by atoms with van der Waals surface area (Å²) >= 11 is 6.08. The zero-order valence-corrected chi connectivity index (χ0v) is 8.40. The predicted molar refractivity (Wildman–Crippen MR) is 51.1 cm³/mol. The monoisotopic (exact) mass is 174 g/mol. The molecule has 0 spiro atoms. The Balaban J connectivity index is 2.34. The van der Waals surface area contributed by atoms with Gasteiger partial charge in [0.15, 0.2) is 0 Å². The number of alkyl halides is 1. The minimum Gasteiger partial charge on any atom is -0.123 e. The quantitative estimate of drug-likeness (QED) is 0.419. The summed E-state index contributed by atoms with van der Waals surface area (Å²) in [5.41, 5.74) is 0. The SMILES string of the molecule is CC1CCCC(C(C)Cl)CC1. The van der Waals surface area contributed by atoms with E-state index in [2.05, 4.69) is 13.8 Å². The molecule has 0 aromatic rings. The van der Waals surface area contributed by atoms with Crippen molar-refractivity contribution in [3.8, 4) is 0 Å². The third-order valence-electron chi connectivity index (χ3n) is 2.95. The Morgan fingerprint density at radius 1 is 1.18 bits per heavy atom. The molecule has 3 atom stereocenters. The van der Waals surface area contributed by atoms with Crippen molar-refractivity contribution in [1.29, 1.82) is 0 Å². The van der Waals surface area contributed by atoms with Crippen LogP contribution < -0.4 is 0 Å². The number of halogens is 1. The molecule has 1 rings (SSSR count). The van der Waals surface area contributed by atoms with Gasteiger partial charge in [-0.25, -0.2) is 0 Å². The normalized spacial score (nSPS) is 36.3. The van der Waals surface area contributed by atoms with E-state index in [0.29, 0.717) is 5.38 Å². The topological polar surface area (TPSA) is 0 Å². The second-order valence-electron chi connectivity index (χ2n) is 4.05. The molecule has 1 fully saturated rings. The van der Waals surface area contributed by atoms with Gasteiger partial charge in [-0.3, -0.25) is 0 Å². The lowest BCUT2D eigenvalue weighted by Gasteiger charge is -2.15. The smallest absolute Gasteiger partial charge is 0.0336 e. The molecular weight excluding hydrogens is 156 g/mol. The van der Waals surface area contributed by atoms with E-state index in [4.69, 9.17) is 11.6 Å². The van der Waals surface area contributed by atoms with Crippen LogP contribution in [-0.4, -0.2) is 5.38 Å². The van der Waals surface area contributed by atoms with Gasteiger partial charge in [-0.1, -0.05) is 26.2 Å². The summed E-state index contributed by atoms with van der Waals surface area (Å²) in [4.78, 5) is 0. The van der Waals surface area contributed by atoms with Gasteiger partial charge >= 0.3 is 0 Å². The van der Waals surface area contributed by atoms with Crippen molar-refractivity contribution >= 4 is 11.6 Å². The lowest BCUT2D eigenvalue weighted by atomic mass is 9.96. The van der Waals surface area contributed by atoms with Gasteiger partial charge < -0.3 is 0 Å². The molecule has 0 aromatic heterocycles. The maximum Gasteiger partial charge on any atom is 0.0336 e. The molecule has 1 heteroatoms. The average molecular weight is 175 g/mol. The summed E-state index contributed by atoms with van der Waals surface area (Å²) in [5.74, 6) is 1.73. The summed E-state index contributed by atoms with van der Waals surface area (Å²) in [6, 6.07) is 0. The van der Waals surface area contributed by atoms with Crippen molar-refractivity contribution in [2.45, 2.75) is 51.3 Å². The van der Waals surface area contributed by atoms with Crippen LogP contribution in [0.2, 0.25) is 0 Å². The summed E-state index contributed by atoms with van der Waals surface area (Å²) in [5, 5.41) is 0.389. The van der Waals surface area contributed by atoms with Crippen LogP contribution in [0.3, 0.4) is 0 Å². The van der Waals surface area contributed by atoms with Gasteiger partial charge in [0.2, 0.25) is 0 Å². The molecule has 0 saturated heterocycles. The fraction of sp³-hybridized carbons (Fsp3) is 1.00. The van der Waals surface area contributed by atoms with Crippen molar-refractivity contribution in [3.05, 3.63) is 0 Å². The van der Waals surface area contributed by atoms with E-state index in [-0.39, 0.29) is 0 Å². The van der Waals surface area contributed by atoms with Gasteiger partial charge in [0.1, 0.15) is 0 Å². The second-order valence-corrected chi connectivity index (χ2v) is 4.74. The Morgan fingerprint density at radius 3 is 2.55 bits per heavy atom. The largest absolute Gasteiger partial charge is 0.123 e. The van der Waals surface area contributed by atoms with Crippen molar-refractivity contribution in [1.82, 2.24) is 0 Å². The van der Waals surface area contributed by atoms with E-state index in [1.54, 1.807) is 0 Å². The minimum atomic E-state index is 0.389. The first-order valence-corrected chi connectivity index (χ1v) is 5.28. The van der Waals surface area contributed by atoms with E-state index >= 15 is 0 Å². The lowest BCUT2D eigenvalue weighted by molar-refractivity contribution is 0.439. The molecule has 0 N–H and O–H groups in total. The van der Waals surface area contributed by atoms with Crippen LogP contribution in [0.25, 0.3) is 0 Å². The number of rotatable bonds is 1. The molecule has 11 heavy (non-hydrogen) atoms. The van der Waals surface area contributed by atoms with Crippen molar-refractivity contribution in [3.63, 3.8) is 0 Å². The van der Waals surface area contributed by atoms with Crippen LogP contribution in [-0.2, 0) is 0 Å². The Kier molecular flexibility index (Phi) is 3.71. The zero-order chi connectivity index (χ0) is 8.27. The van der Waals surface area contributed by atoms with Gasteiger partial charge in [-0.15, -0.1) is 11.6 Å². The first kappa shape index (κ1) is 9.38. The summed E-state index contributed by atoms with van der Waals surface area (Å²) in [6.07, 6.45) is 6.91. The molecule has 0 aromatic carbocycles. The standard InChI is InChI=1S/C10H19Cl/c1-8-4-3-5-10(7-6-8)9(2)11/h8-10H,3-7H2,1-2H3. The highest BCUT2D eigenvalue weighted by molar-refractivity contribution is 6.20. The fourth-order valence-corrected chi connectivity index (χ4v) is 2.23. The average Bonchev–Trinajstić information content (AvgIpc) is 2.13. The van der Waals surface area contributed by atoms with Gasteiger partial charge in [0.25, 0.3) is 0 Å². The first-order chi connectivity index (χ1) is 5.20. The second kappa shape index (κ2) is 4.35. The van der Waals surface area contributed by atoms with Crippen LogP contribution in [0.5, 0.6) is 0 Å². The Hall–Kier alpha value is 0.290. The lowest BCUT2D eigenvalue weighted by Crippen LogP contribution is -2.09. The van der Waals surface area contributed by atoms with Crippen molar-refractivity contribution < 1.29 is 0 Å². The Bertz CT molecular complexity index is 109. The molecule has 0 radical (unpaired) electrons. The van der Waals surface area contributed by atoms with E-state index in [0.717, 1.165) is 11.8 Å². The highest BCUT2D eigenvalue weighted by Crippen LogP contribution is 2.30. The predicted octanol–water partition coefficient (Wildman–Crippen LogP) is 3.83. The van der Waals surface area contributed by atoms with Gasteiger partial charge in [0, 0.05) is 5.38 Å². The molecule has 0 heterocycles.